The van der Waals surface area contributed by atoms with Crippen molar-refractivity contribution in [3.63, 3.8) is 0 Å². The van der Waals surface area contributed by atoms with Crippen molar-refractivity contribution in [1.82, 2.24) is 9.78 Å². The summed E-state index contributed by atoms with van der Waals surface area (Å²) in [6.45, 7) is 4.06. The van der Waals surface area contributed by atoms with Gasteiger partial charge in [0.25, 0.3) is 0 Å². The van der Waals surface area contributed by atoms with Crippen LogP contribution >= 0.6 is 23.4 Å². The zero-order valence-corrected chi connectivity index (χ0v) is 12.0. The van der Waals surface area contributed by atoms with Gasteiger partial charge in [-0.3, -0.25) is 4.68 Å². The van der Waals surface area contributed by atoms with E-state index in [-0.39, 0.29) is 11.9 Å². The van der Waals surface area contributed by atoms with E-state index in [0.29, 0.717) is 16.3 Å². The van der Waals surface area contributed by atoms with Crippen molar-refractivity contribution in [1.29, 1.82) is 0 Å². The van der Waals surface area contributed by atoms with Gasteiger partial charge < -0.3 is 0 Å². The maximum Gasteiger partial charge on any atom is 0.134 e. The molecule has 0 radical (unpaired) electrons. The highest BCUT2D eigenvalue weighted by atomic mass is 35.5. The van der Waals surface area contributed by atoms with E-state index < -0.39 is 0 Å². The lowest BCUT2D eigenvalue weighted by Crippen LogP contribution is -2.01. The normalized spacial score (nSPS) is 11.2. The van der Waals surface area contributed by atoms with Crippen LogP contribution in [0.5, 0.6) is 0 Å². The molecule has 0 spiro atoms. The van der Waals surface area contributed by atoms with Gasteiger partial charge in [-0.05, 0) is 32.2 Å². The van der Waals surface area contributed by atoms with Crippen LogP contribution in [0.25, 0.3) is 11.3 Å². The Balaban J connectivity index is 2.63. The van der Waals surface area contributed by atoms with Gasteiger partial charge in [0.2, 0.25) is 0 Å². The quantitative estimate of drug-likeness (QED) is 0.764. The SMILES string of the molecule is CSc1cn(C(C)C)nc1-c1c(F)cccc1Cl. The monoisotopic (exact) mass is 284 g/mol. The topological polar surface area (TPSA) is 17.8 Å². The third-order valence-electron chi connectivity index (χ3n) is 2.65. The van der Waals surface area contributed by atoms with Crippen molar-refractivity contribution in [2.24, 2.45) is 0 Å². The Bertz CT molecular complexity index is 546. The summed E-state index contributed by atoms with van der Waals surface area (Å²) < 4.78 is 15.7. The molecule has 0 fully saturated rings. The fourth-order valence-corrected chi connectivity index (χ4v) is 2.49. The Morgan fingerprint density at radius 1 is 1.39 bits per heavy atom. The van der Waals surface area contributed by atoms with Crippen LogP contribution in [0.2, 0.25) is 5.02 Å². The highest BCUT2D eigenvalue weighted by Crippen LogP contribution is 2.35. The van der Waals surface area contributed by atoms with E-state index in [1.165, 1.54) is 17.8 Å². The number of halogens is 2. The molecule has 0 N–H and O–H groups in total. The summed E-state index contributed by atoms with van der Waals surface area (Å²) in [6, 6.07) is 4.91. The van der Waals surface area contributed by atoms with Crippen molar-refractivity contribution in [3.8, 4) is 11.3 Å². The molecular weight excluding hydrogens is 271 g/mol. The number of aromatic nitrogens is 2. The standard InChI is InChI=1S/C13H14ClFN2S/c1-8(2)17-7-11(18-3)13(16-17)12-9(14)5-4-6-10(12)15/h4-8H,1-3H3. The molecule has 18 heavy (non-hydrogen) atoms. The molecule has 0 unspecified atom stereocenters. The average molecular weight is 285 g/mol. The summed E-state index contributed by atoms with van der Waals surface area (Å²) in [5, 5.41) is 4.83. The molecule has 0 aliphatic heterocycles. The molecule has 2 rings (SSSR count). The zero-order chi connectivity index (χ0) is 13.3. The van der Waals surface area contributed by atoms with Crippen LogP contribution in [0.3, 0.4) is 0 Å². The molecule has 1 aromatic heterocycles. The first-order valence-corrected chi connectivity index (χ1v) is 7.22. The molecule has 1 aromatic carbocycles. The van der Waals surface area contributed by atoms with Crippen molar-refractivity contribution in [2.75, 3.05) is 6.26 Å². The van der Waals surface area contributed by atoms with Crippen molar-refractivity contribution in [2.45, 2.75) is 24.8 Å². The van der Waals surface area contributed by atoms with Crippen LogP contribution in [0.15, 0.2) is 29.3 Å². The van der Waals surface area contributed by atoms with Crippen molar-refractivity contribution < 1.29 is 4.39 Å². The summed E-state index contributed by atoms with van der Waals surface area (Å²) >= 11 is 7.62. The lowest BCUT2D eigenvalue weighted by Gasteiger charge is -2.05. The minimum atomic E-state index is -0.341. The Morgan fingerprint density at radius 3 is 2.67 bits per heavy atom. The second-order valence-electron chi connectivity index (χ2n) is 4.22. The Kier molecular flexibility index (Phi) is 3.97. The lowest BCUT2D eigenvalue weighted by molar-refractivity contribution is 0.532. The minimum Gasteiger partial charge on any atom is -0.268 e. The maximum atomic E-state index is 13.9. The van der Waals surface area contributed by atoms with Crippen LogP contribution in [0.4, 0.5) is 4.39 Å². The molecule has 0 aliphatic carbocycles. The predicted octanol–water partition coefficient (Wildman–Crippen LogP) is 4.65. The van der Waals surface area contributed by atoms with Gasteiger partial charge in [0, 0.05) is 12.2 Å². The van der Waals surface area contributed by atoms with E-state index >= 15 is 0 Å². The number of hydrogen-bond acceptors (Lipinski definition) is 2. The third-order valence-corrected chi connectivity index (χ3v) is 3.70. The first kappa shape index (κ1) is 13.4. The molecule has 0 saturated carbocycles. The summed E-state index contributed by atoms with van der Waals surface area (Å²) in [6.07, 6.45) is 3.87. The smallest absolute Gasteiger partial charge is 0.134 e. The Hall–Kier alpha value is -1.00. The van der Waals surface area contributed by atoms with E-state index in [9.17, 15) is 4.39 Å². The van der Waals surface area contributed by atoms with Gasteiger partial charge in [-0.15, -0.1) is 11.8 Å². The first-order valence-electron chi connectivity index (χ1n) is 5.62. The van der Waals surface area contributed by atoms with Gasteiger partial charge in [0.15, 0.2) is 0 Å². The maximum absolute atomic E-state index is 13.9. The van der Waals surface area contributed by atoms with Gasteiger partial charge in [-0.1, -0.05) is 17.7 Å². The summed E-state index contributed by atoms with van der Waals surface area (Å²) in [4.78, 5) is 0.927. The van der Waals surface area contributed by atoms with Gasteiger partial charge in [-0.25, -0.2) is 4.39 Å². The number of thioether (sulfide) groups is 1. The van der Waals surface area contributed by atoms with Crippen LogP contribution in [0, 0.1) is 5.82 Å². The Morgan fingerprint density at radius 2 is 2.11 bits per heavy atom. The van der Waals surface area contributed by atoms with E-state index in [4.69, 9.17) is 11.6 Å². The van der Waals surface area contributed by atoms with E-state index in [0.717, 1.165) is 4.90 Å². The molecule has 0 bridgehead atoms. The van der Waals surface area contributed by atoms with Crippen LogP contribution in [-0.4, -0.2) is 16.0 Å². The second-order valence-corrected chi connectivity index (χ2v) is 5.47. The highest BCUT2D eigenvalue weighted by molar-refractivity contribution is 7.98. The molecule has 5 heteroatoms. The molecule has 1 heterocycles. The van der Waals surface area contributed by atoms with Crippen LogP contribution in [-0.2, 0) is 0 Å². The van der Waals surface area contributed by atoms with Crippen molar-refractivity contribution in [3.05, 3.63) is 35.2 Å². The summed E-state index contributed by atoms with van der Waals surface area (Å²) in [5.74, 6) is -0.341. The van der Waals surface area contributed by atoms with E-state index in [1.54, 1.807) is 12.1 Å². The van der Waals surface area contributed by atoms with Gasteiger partial charge >= 0.3 is 0 Å². The predicted molar refractivity (Wildman–Crippen MR) is 74.8 cm³/mol. The second kappa shape index (κ2) is 5.33. The largest absolute Gasteiger partial charge is 0.268 e. The molecule has 0 amide bonds. The molecule has 0 aliphatic rings. The highest BCUT2D eigenvalue weighted by Gasteiger charge is 2.18. The molecule has 0 saturated heterocycles. The van der Waals surface area contributed by atoms with Crippen molar-refractivity contribution >= 4 is 23.4 Å². The number of rotatable bonds is 3. The molecule has 2 aromatic rings. The fourth-order valence-electron chi connectivity index (χ4n) is 1.69. The minimum absolute atomic E-state index is 0.232. The fraction of sp³-hybridized carbons (Fsp3) is 0.308. The summed E-state index contributed by atoms with van der Waals surface area (Å²) in [5.41, 5.74) is 0.988. The molecule has 2 nitrogen and oxygen atoms in total. The lowest BCUT2D eigenvalue weighted by atomic mass is 10.1. The van der Waals surface area contributed by atoms with E-state index in [1.807, 2.05) is 31.0 Å². The first-order chi connectivity index (χ1) is 8.54. The van der Waals surface area contributed by atoms with Crippen LogP contribution < -0.4 is 0 Å². The van der Waals surface area contributed by atoms with Gasteiger partial charge in [0.1, 0.15) is 11.5 Å². The third kappa shape index (κ3) is 2.40. The zero-order valence-electron chi connectivity index (χ0n) is 10.4. The molecular formula is C13H14ClFN2S. The number of nitrogens with zero attached hydrogens (tertiary/aromatic N) is 2. The van der Waals surface area contributed by atoms with Gasteiger partial charge in [0.05, 0.1) is 15.5 Å². The molecule has 96 valence electrons. The van der Waals surface area contributed by atoms with Gasteiger partial charge in [-0.2, -0.15) is 5.10 Å². The Labute approximate surface area is 115 Å². The number of benzene rings is 1. The van der Waals surface area contributed by atoms with E-state index in [2.05, 4.69) is 5.10 Å². The summed E-state index contributed by atoms with van der Waals surface area (Å²) in [7, 11) is 0. The van der Waals surface area contributed by atoms with Crippen LogP contribution in [0.1, 0.15) is 19.9 Å². The average Bonchev–Trinajstić information content (AvgIpc) is 2.73. The molecule has 0 atom stereocenters. The number of hydrogen-bond donors (Lipinski definition) is 0.